The van der Waals surface area contributed by atoms with E-state index in [-0.39, 0.29) is 24.9 Å². The van der Waals surface area contributed by atoms with Crippen LogP contribution in [0.15, 0.2) is 71.8 Å². The van der Waals surface area contributed by atoms with E-state index in [1.807, 2.05) is 18.2 Å². The standard InChI is InChI=1S/C24H28N5O8PS/c1-15(22(32)35-12-16-8-4-2-5-9-16)28-38(34,37-17-10-6-3-7-11-17)36-13-18-19(30)20(31)21(39-18)29-14-26-23(25)27-24(29)33/h2-11,14-15,18-21,30-31H,12-13H2,1H3,(H,28,34)(H2,25,27,33)/t15-,18+,19-,20?,21+,38?/m0/s1. The van der Waals surface area contributed by atoms with E-state index in [1.54, 1.807) is 42.5 Å². The van der Waals surface area contributed by atoms with E-state index >= 15 is 0 Å². The molecule has 39 heavy (non-hydrogen) atoms. The Hall–Kier alpha value is -3.26. The van der Waals surface area contributed by atoms with Crippen LogP contribution in [0.1, 0.15) is 17.9 Å². The van der Waals surface area contributed by atoms with Gasteiger partial charge in [-0.15, -0.1) is 11.8 Å². The lowest BCUT2D eigenvalue weighted by Gasteiger charge is -2.24. The molecule has 4 rings (SSSR count). The number of nitrogens with two attached hydrogens (primary N) is 1. The summed E-state index contributed by atoms with van der Waals surface area (Å²) in [5, 5.41) is 22.0. The van der Waals surface area contributed by atoms with E-state index < -0.39 is 48.3 Å². The summed E-state index contributed by atoms with van der Waals surface area (Å²) in [5.41, 5.74) is 5.45. The van der Waals surface area contributed by atoms with Gasteiger partial charge in [0.25, 0.3) is 0 Å². The van der Waals surface area contributed by atoms with Crippen LogP contribution in [0.5, 0.6) is 5.75 Å². The number of rotatable bonds is 11. The fourth-order valence-electron chi connectivity index (χ4n) is 3.65. The highest BCUT2D eigenvalue weighted by molar-refractivity contribution is 8.00. The smallest absolute Gasteiger partial charge is 0.459 e. The first-order valence-corrected chi connectivity index (χ1v) is 14.3. The van der Waals surface area contributed by atoms with Crippen molar-refractivity contribution in [3.05, 3.63) is 83.0 Å². The zero-order valence-corrected chi connectivity index (χ0v) is 22.5. The number of aromatic nitrogens is 3. The molecule has 1 saturated heterocycles. The normalized spacial score (nSPS) is 23.1. The number of carbonyl (C=O) groups excluding carboxylic acids is 1. The Balaban J connectivity index is 1.44. The van der Waals surface area contributed by atoms with Crippen molar-refractivity contribution in [3.8, 4) is 5.75 Å². The van der Waals surface area contributed by atoms with Gasteiger partial charge in [0.2, 0.25) is 5.95 Å². The van der Waals surface area contributed by atoms with E-state index in [4.69, 9.17) is 19.5 Å². The van der Waals surface area contributed by atoms with E-state index in [1.165, 1.54) is 6.92 Å². The fourth-order valence-corrected chi connectivity index (χ4v) is 6.69. The Morgan fingerprint density at radius 1 is 1.15 bits per heavy atom. The van der Waals surface area contributed by atoms with Crippen molar-refractivity contribution in [2.45, 2.75) is 42.4 Å². The van der Waals surface area contributed by atoms with E-state index in [2.05, 4.69) is 15.1 Å². The molecule has 6 atom stereocenters. The summed E-state index contributed by atoms with van der Waals surface area (Å²) in [6.45, 7) is 1.10. The Morgan fingerprint density at radius 2 is 1.82 bits per heavy atom. The second-order valence-corrected chi connectivity index (χ2v) is 11.6. The SMILES string of the molecule is C[C@H](NP(=O)(OC[C@H]1S[C@@H](n2cnc(N)nc2=O)C(O)[C@H]1O)Oc1ccccc1)C(=O)OCc1ccccc1. The molecule has 0 amide bonds. The van der Waals surface area contributed by atoms with Gasteiger partial charge in [-0.1, -0.05) is 48.5 Å². The number of carbonyl (C=O) groups is 1. The van der Waals surface area contributed by atoms with Crippen LogP contribution in [0, 0.1) is 0 Å². The van der Waals surface area contributed by atoms with Gasteiger partial charge in [-0.25, -0.2) is 14.3 Å². The predicted octanol–water partition coefficient (Wildman–Crippen LogP) is 1.48. The molecular formula is C24H28N5O8PS. The summed E-state index contributed by atoms with van der Waals surface area (Å²) < 4.78 is 31.4. The molecule has 2 unspecified atom stereocenters. The van der Waals surface area contributed by atoms with Crippen LogP contribution in [0.25, 0.3) is 0 Å². The van der Waals surface area contributed by atoms with E-state index in [0.717, 1.165) is 28.2 Å². The maximum atomic E-state index is 13.8. The number of thioether (sulfide) groups is 1. The number of aliphatic hydroxyl groups is 2. The highest BCUT2D eigenvalue weighted by atomic mass is 32.2. The van der Waals surface area contributed by atoms with Gasteiger partial charge >= 0.3 is 19.4 Å². The molecule has 2 aromatic carbocycles. The summed E-state index contributed by atoms with van der Waals surface area (Å²) in [4.78, 5) is 32.1. The summed E-state index contributed by atoms with van der Waals surface area (Å²) in [5.74, 6) is -0.704. The van der Waals surface area contributed by atoms with Crippen molar-refractivity contribution in [1.82, 2.24) is 19.6 Å². The van der Waals surface area contributed by atoms with Crippen LogP contribution >= 0.6 is 19.5 Å². The lowest BCUT2D eigenvalue weighted by Crippen LogP contribution is -2.37. The number of aliphatic hydroxyl groups excluding tert-OH is 2. The molecule has 1 aromatic heterocycles. The highest BCUT2D eigenvalue weighted by Gasteiger charge is 2.45. The van der Waals surface area contributed by atoms with Gasteiger partial charge in [-0.3, -0.25) is 13.9 Å². The van der Waals surface area contributed by atoms with Gasteiger partial charge in [0.1, 0.15) is 36.2 Å². The van der Waals surface area contributed by atoms with Crippen LogP contribution in [0.2, 0.25) is 0 Å². The van der Waals surface area contributed by atoms with Crippen molar-refractivity contribution >= 4 is 31.4 Å². The average molecular weight is 578 g/mol. The molecule has 3 aromatic rings. The summed E-state index contributed by atoms with van der Waals surface area (Å²) >= 11 is 0.999. The van der Waals surface area contributed by atoms with Crippen LogP contribution in [0.4, 0.5) is 5.95 Å². The van der Waals surface area contributed by atoms with Crippen LogP contribution in [0.3, 0.4) is 0 Å². The van der Waals surface area contributed by atoms with Gasteiger partial charge in [0, 0.05) is 0 Å². The summed E-state index contributed by atoms with van der Waals surface area (Å²) in [7, 11) is -4.22. The first kappa shape index (κ1) is 28.7. The summed E-state index contributed by atoms with van der Waals surface area (Å²) in [6, 6.07) is 16.2. The van der Waals surface area contributed by atoms with Gasteiger partial charge in [-0.2, -0.15) is 10.1 Å². The fraction of sp³-hybridized carbons (Fsp3) is 0.333. The first-order valence-electron chi connectivity index (χ1n) is 11.8. The number of hydrogen-bond acceptors (Lipinski definition) is 12. The number of anilines is 1. The first-order chi connectivity index (χ1) is 18.6. The number of esters is 1. The molecule has 5 N–H and O–H groups in total. The molecule has 1 aliphatic heterocycles. The zero-order chi connectivity index (χ0) is 28.0. The molecule has 0 spiro atoms. The molecule has 0 radical (unpaired) electrons. The lowest BCUT2D eigenvalue weighted by molar-refractivity contribution is -0.146. The zero-order valence-electron chi connectivity index (χ0n) is 20.8. The minimum atomic E-state index is -4.22. The van der Waals surface area contributed by atoms with Gasteiger partial charge in [0.15, 0.2) is 0 Å². The van der Waals surface area contributed by atoms with Gasteiger partial charge in [0.05, 0.1) is 18.0 Å². The van der Waals surface area contributed by atoms with Crippen LogP contribution < -0.4 is 21.0 Å². The number of nitrogen functional groups attached to an aromatic ring is 1. The quantitative estimate of drug-likeness (QED) is 0.190. The van der Waals surface area contributed by atoms with Crippen molar-refractivity contribution < 1.29 is 33.4 Å². The largest absolute Gasteiger partial charge is 0.460 e. The van der Waals surface area contributed by atoms with Crippen molar-refractivity contribution in [2.24, 2.45) is 0 Å². The Bertz CT molecular complexity index is 1370. The Morgan fingerprint density at radius 3 is 2.49 bits per heavy atom. The maximum absolute atomic E-state index is 13.8. The Labute approximate surface area is 227 Å². The second kappa shape index (κ2) is 12.7. The van der Waals surface area contributed by atoms with Gasteiger partial charge < -0.3 is 25.2 Å². The molecule has 2 heterocycles. The second-order valence-electron chi connectivity index (χ2n) is 8.59. The number of para-hydroxylation sites is 1. The molecule has 0 bridgehead atoms. The number of nitrogens with one attached hydrogen (secondary N) is 1. The third-order valence-electron chi connectivity index (χ3n) is 5.66. The monoisotopic (exact) mass is 577 g/mol. The lowest BCUT2D eigenvalue weighted by atomic mass is 10.1. The molecular weight excluding hydrogens is 549 g/mol. The molecule has 15 heteroatoms. The Kier molecular flexibility index (Phi) is 9.38. The minimum absolute atomic E-state index is 0.0226. The topological polar surface area (TPSA) is 188 Å². The number of hydrogen-bond donors (Lipinski definition) is 4. The number of ether oxygens (including phenoxy) is 1. The predicted molar refractivity (Wildman–Crippen MR) is 143 cm³/mol. The van der Waals surface area contributed by atoms with Crippen molar-refractivity contribution in [3.63, 3.8) is 0 Å². The third kappa shape index (κ3) is 7.44. The van der Waals surface area contributed by atoms with Crippen LogP contribution in [-0.2, 0) is 25.2 Å². The van der Waals surface area contributed by atoms with E-state index in [0.29, 0.717) is 0 Å². The molecule has 1 aliphatic rings. The molecule has 13 nitrogen and oxygen atoms in total. The van der Waals surface area contributed by atoms with Crippen molar-refractivity contribution in [1.29, 1.82) is 0 Å². The number of benzene rings is 2. The van der Waals surface area contributed by atoms with Gasteiger partial charge in [-0.05, 0) is 24.6 Å². The van der Waals surface area contributed by atoms with Crippen molar-refractivity contribution in [2.75, 3.05) is 12.3 Å². The maximum Gasteiger partial charge on any atom is 0.459 e. The molecule has 0 saturated carbocycles. The highest BCUT2D eigenvalue weighted by Crippen LogP contribution is 2.48. The molecule has 0 aliphatic carbocycles. The average Bonchev–Trinajstić information content (AvgIpc) is 3.20. The van der Waals surface area contributed by atoms with Crippen LogP contribution in [-0.4, -0.2) is 60.8 Å². The minimum Gasteiger partial charge on any atom is -0.460 e. The van der Waals surface area contributed by atoms with E-state index in [9.17, 15) is 24.4 Å². The molecule has 208 valence electrons. The number of nitrogens with zero attached hydrogens (tertiary/aromatic N) is 3. The molecule has 1 fully saturated rings. The third-order valence-corrected chi connectivity index (χ3v) is 8.86. The summed E-state index contributed by atoms with van der Waals surface area (Å²) in [6.07, 6.45) is -1.62.